The summed E-state index contributed by atoms with van der Waals surface area (Å²) in [5.74, 6) is -0.160. The van der Waals surface area contributed by atoms with E-state index in [4.69, 9.17) is 0 Å². The standard InChI is InChI=1S/C18H18N2O2/c1-13-3-5-15(6-4-13)18(22)11-12-19-16-7-9-17(10-8-16)20-14(2)21/h3-12,19H,1-2H3,(H,20,21). The zero-order chi connectivity index (χ0) is 15.9. The van der Waals surface area contributed by atoms with Gasteiger partial charge in [-0.15, -0.1) is 0 Å². The molecule has 2 rings (SSSR count). The van der Waals surface area contributed by atoms with Gasteiger partial charge in [0.15, 0.2) is 5.78 Å². The van der Waals surface area contributed by atoms with Crippen LogP contribution in [0.25, 0.3) is 0 Å². The summed E-state index contributed by atoms with van der Waals surface area (Å²) < 4.78 is 0. The topological polar surface area (TPSA) is 58.2 Å². The van der Waals surface area contributed by atoms with Crippen molar-refractivity contribution in [3.05, 3.63) is 71.9 Å². The van der Waals surface area contributed by atoms with Gasteiger partial charge in [0.25, 0.3) is 0 Å². The van der Waals surface area contributed by atoms with Gasteiger partial charge in [0.2, 0.25) is 5.91 Å². The van der Waals surface area contributed by atoms with Crippen LogP contribution < -0.4 is 10.6 Å². The average Bonchev–Trinajstić information content (AvgIpc) is 2.49. The minimum Gasteiger partial charge on any atom is -0.362 e. The van der Waals surface area contributed by atoms with E-state index < -0.39 is 0 Å². The number of rotatable bonds is 5. The summed E-state index contributed by atoms with van der Waals surface area (Å²) in [6, 6.07) is 14.7. The Labute approximate surface area is 129 Å². The second-order valence-electron chi connectivity index (χ2n) is 4.97. The lowest BCUT2D eigenvalue weighted by atomic mass is 10.1. The highest BCUT2D eigenvalue weighted by Gasteiger charge is 2.00. The van der Waals surface area contributed by atoms with Crippen molar-refractivity contribution in [1.82, 2.24) is 0 Å². The Balaban J connectivity index is 1.93. The number of nitrogens with one attached hydrogen (secondary N) is 2. The van der Waals surface area contributed by atoms with Crippen molar-refractivity contribution in [3.8, 4) is 0 Å². The smallest absolute Gasteiger partial charge is 0.221 e. The molecule has 0 saturated heterocycles. The number of amides is 1. The number of benzene rings is 2. The van der Waals surface area contributed by atoms with Gasteiger partial charge >= 0.3 is 0 Å². The molecule has 1 amide bonds. The molecular formula is C18H18N2O2. The van der Waals surface area contributed by atoms with Gasteiger partial charge in [-0.05, 0) is 31.2 Å². The number of aryl methyl sites for hydroxylation is 1. The Morgan fingerprint density at radius 2 is 1.50 bits per heavy atom. The number of hydrogen-bond acceptors (Lipinski definition) is 3. The quantitative estimate of drug-likeness (QED) is 0.652. The van der Waals surface area contributed by atoms with E-state index in [-0.39, 0.29) is 11.7 Å². The molecule has 2 aromatic rings. The molecule has 4 heteroatoms. The molecule has 0 aliphatic rings. The van der Waals surface area contributed by atoms with Gasteiger partial charge in [0.1, 0.15) is 0 Å². The first-order valence-corrected chi connectivity index (χ1v) is 6.96. The molecule has 0 saturated carbocycles. The highest BCUT2D eigenvalue weighted by Crippen LogP contribution is 2.13. The van der Waals surface area contributed by atoms with Crippen LogP contribution in [-0.4, -0.2) is 11.7 Å². The van der Waals surface area contributed by atoms with Crippen LogP contribution >= 0.6 is 0 Å². The van der Waals surface area contributed by atoms with E-state index >= 15 is 0 Å². The summed E-state index contributed by atoms with van der Waals surface area (Å²) in [6.07, 6.45) is 3.10. The van der Waals surface area contributed by atoms with Gasteiger partial charge < -0.3 is 10.6 Å². The van der Waals surface area contributed by atoms with Crippen molar-refractivity contribution < 1.29 is 9.59 Å². The minimum absolute atomic E-state index is 0.0534. The first-order valence-electron chi connectivity index (χ1n) is 6.96. The van der Waals surface area contributed by atoms with Gasteiger partial charge in [0, 0.05) is 36.1 Å². The van der Waals surface area contributed by atoms with Crippen molar-refractivity contribution in [2.24, 2.45) is 0 Å². The average molecular weight is 294 g/mol. The Kier molecular flexibility index (Phi) is 5.09. The summed E-state index contributed by atoms with van der Waals surface area (Å²) in [5.41, 5.74) is 3.35. The normalized spacial score (nSPS) is 10.5. The third-order valence-electron chi connectivity index (χ3n) is 3.03. The van der Waals surface area contributed by atoms with Gasteiger partial charge in [-0.25, -0.2) is 0 Å². The monoisotopic (exact) mass is 294 g/mol. The SMILES string of the molecule is CC(=O)Nc1ccc(NC=CC(=O)c2ccc(C)cc2)cc1. The Hall–Kier alpha value is -2.88. The molecule has 22 heavy (non-hydrogen) atoms. The number of ketones is 1. The van der Waals surface area contributed by atoms with Gasteiger partial charge in [-0.1, -0.05) is 29.8 Å². The van der Waals surface area contributed by atoms with E-state index in [1.54, 1.807) is 18.3 Å². The van der Waals surface area contributed by atoms with Crippen LogP contribution in [0, 0.1) is 6.92 Å². The van der Waals surface area contributed by atoms with Gasteiger partial charge in [0.05, 0.1) is 0 Å². The lowest BCUT2D eigenvalue weighted by molar-refractivity contribution is -0.114. The zero-order valence-electron chi connectivity index (χ0n) is 12.6. The van der Waals surface area contributed by atoms with Crippen LogP contribution in [0.15, 0.2) is 60.8 Å². The lowest BCUT2D eigenvalue weighted by Crippen LogP contribution is -2.05. The fraction of sp³-hybridized carbons (Fsp3) is 0.111. The largest absolute Gasteiger partial charge is 0.362 e. The fourth-order valence-corrected chi connectivity index (χ4v) is 1.88. The molecule has 2 N–H and O–H groups in total. The maximum Gasteiger partial charge on any atom is 0.221 e. The molecule has 0 unspecified atom stereocenters. The van der Waals surface area contributed by atoms with Crippen molar-refractivity contribution in [2.75, 3.05) is 10.6 Å². The highest BCUT2D eigenvalue weighted by molar-refractivity contribution is 6.04. The van der Waals surface area contributed by atoms with E-state index in [0.29, 0.717) is 5.56 Å². The zero-order valence-corrected chi connectivity index (χ0v) is 12.6. The van der Waals surface area contributed by atoms with E-state index in [9.17, 15) is 9.59 Å². The third kappa shape index (κ3) is 4.59. The van der Waals surface area contributed by atoms with E-state index in [2.05, 4.69) is 10.6 Å². The predicted octanol–water partition coefficient (Wildman–Crippen LogP) is 3.76. The summed E-state index contributed by atoms with van der Waals surface area (Å²) in [4.78, 5) is 22.9. The number of allylic oxidation sites excluding steroid dienone is 1. The van der Waals surface area contributed by atoms with Crippen molar-refractivity contribution in [1.29, 1.82) is 0 Å². The molecule has 0 aliphatic heterocycles. The Bertz CT molecular complexity index is 686. The molecule has 2 aromatic carbocycles. The van der Waals surface area contributed by atoms with Crippen LogP contribution in [0.4, 0.5) is 11.4 Å². The van der Waals surface area contributed by atoms with Gasteiger partial charge in [-0.3, -0.25) is 9.59 Å². The molecule has 0 spiro atoms. The van der Waals surface area contributed by atoms with Gasteiger partial charge in [-0.2, -0.15) is 0 Å². The second kappa shape index (κ2) is 7.22. The summed E-state index contributed by atoms with van der Waals surface area (Å²) in [6.45, 7) is 3.45. The first kappa shape index (κ1) is 15.5. The maximum atomic E-state index is 11.9. The van der Waals surface area contributed by atoms with Crippen molar-refractivity contribution in [3.63, 3.8) is 0 Å². The van der Waals surface area contributed by atoms with Crippen molar-refractivity contribution >= 4 is 23.1 Å². The van der Waals surface area contributed by atoms with Crippen LogP contribution in [0.1, 0.15) is 22.8 Å². The van der Waals surface area contributed by atoms with E-state index in [1.165, 1.54) is 13.0 Å². The molecule has 0 radical (unpaired) electrons. The summed E-state index contributed by atoms with van der Waals surface area (Å²) in [7, 11) is 0. The lowest BCUT2D eigenvalue weighted by Gasteiger charge is -2.04. The molecule has 112 valence electrons. The summed E-state index contributed by atoms with van der Waals surface area (Å²) in [5, 5.41) is 5.72. The van der Waals surface area contributed by atoms with Crippen molar-refractivity contribution in [2.45, 2.75) is 13.8 Å². The van der Waals surface area contributed by atoms with Crippen LogP contribution in [0.3, 0.4) is 0 Å². The fourth-order valence-electron chi connectivity index (χ4n) is 1.88. The molecule has 0 aromatic heterocycles. The third-order valence-corrected chi connectivity index (χ3v) is 3.03. The Morgan fingerprint density at radius 1 is 0.909 bits per heavy atom. The highest BCUT2D eigenvalue weighted by atomic mass is 16.1. The molecule has 4 nitrogen and oxygen atoms in total. The molecule has 0 atom stereocenters. The number of carbonyl (C=O) groups is 2. The number of carbonyl (C=O) groups excluding carboxylic acids is 2. The second-order valence-corrected chi connectivity index (χ2v) is 4.97. The minimum atomic E-state index is -0.107. The summed E-state index contributed by atoms with van der Waals surface area (Å²) >= 11 is 0. The molecular weight excluding hydrogens is 276 g/mol. The van der Waals surface area contributed by atoms with Crippen LogP contribution in [0.5, 0.6) is 0 Å². The van der Waals surface area contributed by atoms with Crippen LogP contribution in [-0.2, 0) is 4.79 Å². The molecule has 0 heterocycles. The molecule has 0 fully saturated rings. The maximum absolute atomic E-state index is 11.9. The number of anilines is 2. The Morgan fingerprint density at radius 3 is 2.09 bits per heavy atom. The first-order chi connectivity index (χ1) is 10.5. The van der Waals surface area contributed by atoms with E-state index in [1.807, 2.05) is 43.3 Å². The predicted molar refractivity (Wildman–Crippen MR) is 89.0 cm³/mol. The molecule has 0 bridgehead atoms. The molecule has 0 aliphatic carbocycles. The van der Waals surface area contributed by atoms with E-state index in [0.717, 1.165) is 16.9 Å². The number of hydrogen-bond donors (Lipinski definition) is 2. The van der Waals surface area contributed by atoms with Crippen LogP contribution in [0.2, 0.25) is 0 Å².